The molecule has 2 aromatic heterocycles. The van der Waals surface area contributed by atoms with Gasteiger partial charge in [-0.25, -0.2) is 14.8 Å². The number of hydrogen-bond acceptors (Lipinski definition) is 5. The van der Waals surface area contributed by atoms with Gasteiger partial charge in [-0.2, -0.15) is 5.10 Å². The molecule has 0 unspecified atom stereocenters. The van der Waals surface area contributed by atoms with Crippen molar-refractivity contribution in [2.45, 2.75) is 38.1 Å². The number of H-pyrrole nitrogens is 1. The first kappa shape index (κ1) is 17.8. The third-order valence-corrected chi connectivity index (χ3v) is 5.30. The second kappa shape index (κ2) is 7.94. The number of urea groups is 1. The van der Waals surface area contributed by atoms with Crippen molar-refractivity contribution in [1.29, 1.82) is 0 Å². The molecule has 4 rings (SSSR count). The van der Waals surface area contributed by atoms with E-state index in [0.717, 1.165) is 43.3 Å². The largest absolute Gasteiger partial charge is 0.340 e. The minimum atomic E-state index is -0.0503. The van der Waals surface area contributed by atoms with Crippen molar-refractivity contribution in [3.05, 3.63) is 35.9 Å². The van der Waals surface area contributed by atoms with E-state index in [2.05, 4.69) is 36.4 Å². The highest BCUT2D eigenvalue weighted by Gasteiger charge is 2.26. The third-order valence-electron chi connectivity index (χ3n) is 5.30. The van der Waals surface area contributed by atoms with Crippen LogP contribution in [0.15, 0.2) is 24.5 Å². The number of aromatic amines is 1. The zero-order valence-electron chi connectivity index (χ0n) is 15.8. The third kappa shape index (κ3) is 4.56. The van der Waals surface area contributed by atoms with Gasteiger partial charge in [-0.15, -0.1) is 0 Å². The molecule has 27 heavy (non-hydrogen) atoms. The minimum absolute atomic E-state index is 0.0503. The van der Waals surface area contributed by atoms with Gasteiger partial charge in [0.15, 0.2) is 0 Å². The molecule has 2 aromatic rings. The molecule has 1 saturated heterocycles. The second-order valence-corrected chi connectivity index (χ2v) is 7.64. The Labute approximate surface area is 159 Å². The van der Waals surface area contributed by atoms with E-state index in [1.165, 1.54) is 12.8 Å². The molecular weight excluding hydrogens is 342 g/mol. The monoisotopic (exact) mass is 369 g/mol. The summed E-state index contributed by atoms with van der Waals surface area (Å²) in [6.07, 6.45) is 8.20. The Kier molecular flexibility index (Phi) is 5.22. The highest BCUT2D eigenvalue weighted by molar-refractivity contribution is 5.73. The Morgan fingerprint density at radius 2 is 2.15 bits per heavy atom. The summed E-state index contributed by atoms with van der Waals surface area (Å²) in [7, 11) is 1.82. The molecule has 0 bridgehead atoms. The molecule has 1 atom stereocenters. The number of rotatable bonds is 6. The van der Waals surface area contributed by atoms with Gasteiger partial charge in [0.2, 0.25) is 5.95 Å². The van der Waals surface area contributed by atoms with Crippen molar-refractivity contribution < 1.29 is 4.79 Å². The number of aromatic nitrogens is 4. The van der Waals surface area contributed by atoms with Gasteiger partial charge in [-0.1, -0.05) is 0 Å². The van der Waals surface area contributed by atoms with E-state index in [0.29, 0.717) is 24.9 Å². The van der Waals surface area contributed by atoms with Crippen LogP contribution in [-0.4, -0.2) is 57.8 Å². The zero-order chi connectivity index (χ0) is 18.6. The molecule has 2 N–H and O–H groups in total. The lowest BCUT2D eigenvalue weighted by molar-refractivity contribution is 0.203. The Bertz CT molecular complexity index is 758. The van der Waals surface area contributed by atoms with Crippen LogP contribution in [0, 0.1) is 5.92 Å². The highest BCUT2D eigenvalue weighted by atomic mass is 16.2. The molecule has 0 aromatic carbocycles. The SMILES string of the molecule is CN(Cc1cc(C2CC2)n[nH]1)C(=O)NC[C@H]1CCCN(c2ncccn2)C1. The van der Waals surface area contributed by atoms with Crippen molar-refractivity contribution >= 4 is 12.0 Å². The molecule has 8 nitrogen and oxygen atoms in total. The van der Waals surface area contributed by atoms with Gasteiger partial charge in [-0.05, 0) is 43.7 Å². The van der Waals surface area contributed by atoms with E-state index in [9.17, 15) is 4.79 Å². The quantitative estimate of drug-likeness (QED) is 0.814. The van der Waals surface area contributed by atoms with E-state index >= 15 is 0 Å². The summed E-state index contributed by atoms with van der Waals surface area (Å²) < 4.78 is 0. The normalized spacial score (nSPS) is 19.7. The van der Waals surface area contributed by atoms with Crippen LogP contribution in [0.1, 0.15) is 43.0 Å². The predicted octanol–water partition coefficient (Wildman–Crippen LogP) is 2.14. The number of carbonyl (C=O) groups is 1. The van der Waals surface area contributed by atoms with Crippen molar-refractivity contribution in [2.24, 2.45) is 5.92 Å². The van der Waals surface area contributed by atoms with Crippen molar-refractivity contribution in [3.63, 3.8) is 0 Å². The molecule has 144 valence electrons. The fraction of sp³-hybridized carbons (Fsp3) is 0.579. The molecule has 0 spiro atoms. The summed E-state index contributed by atoms with van der Waals surface area (Å²) in [5.41, 5.74) is 2.11. The molecule has 3 heterocycles. The summed E-state index contributed by atoms with van der Waals surface area (Å²) in [6.45, 7) is 3.06. The molecule has 1 aliphatic carbocycles. The number of amides is 2. The first-order chi connectivity index (χ1) is 13.2. The van der Waals surface area contributed by atoms with Crippen LogP contribution >= 0.6 is 0 Å². The van der Waals surface area contributed by atoms with Gasteiger partial charge in [0, 0.05) is 45.0 Å². The zero-order valence-corrected chi connectivity index (χ0v) is 15.8. The maximum absolute atomic E-state index is 12.4. The summed E-state index contributed by atoms with van der Waals surface area (Å²) in [5.74, 6) is 1.81. The number of carbonyl (C=O) groups excluding carboxylic acids is 1. The standard InChI is InChI=1S/C19H27N7O/c1-25(13-16-10-17(24-23-16)15-5-6-15)19(27)22-11-14-4-2-9-26(12-14)18-20-7-3-8-21-18/h3,7-8,10,14-15H,2,4-6,9,11-13H2,1H3,(H,22,27)(H,23,24)/t14-/m1/s1. The van der Waals surface area contributed by atoms with Gasteiger partial charge in [-0.3, -0.25) is 5.10 Å². The van der Waals surface area contributed by atoms with Crippen LogP contribution in [0.4, 0.5) is 10.7 Å². The Morgan fingerprint density at radius 1 is 1.33 bits per heavy atom. The lowest BCUT2D eigenvalue weighted by Gasteiger charge is -2.33. The molecular formula is C19H27N7O. The van der Waals surface area contributed by atoms with Crippen LogP contribution in [0.25, 0.3) is 0 Å². The predicted molar refractivity (Wildman–Crippen MR) is 102 cm³/mol. The fourth-order valence-electron chi connectivity index (χ4n) is 3.61. The van der Waals surface area contributed by atoms with Crippen LogP contribution < -0.4 is 10.2 Å². The smallest absolute Gasteiger partial charge is 0.317 e. The van der Waals surface area contributed by atoms with Gasteiger partial charge < -0.3 is 15.1 Å². The number of anilines is 1. The number of hydrogen-bond donors (Lipinski definition) is 2. The Balaban J connectivity index is 1.24. The molecule has 2 aliphatic rings. The molecule has 2 amide bonds. The summed E-state index contributed by atoms with van der Waals surface area (Å²) in [6, 6.07) is 3.86. The van der Waals surface area contributed by atoms with Crippen LogP contribution in [0.2, 0.25) is 0 Å². The van der Waals surface area contributed by atoms with E-state index in [4.69, 9.17) is 0 Å². The Morgan fingerprint density at radius 3 is 2.93 bits per heavy atom. The average molecular weight is 369 g/mol. The number of nitrogens with one attached hydrogen (secondary N) is 2. The molecule has 2 fully saturated rings. The van der Waals surface area contributed by atoms with E-state index < -0.39 is 0 Å². The van der Waals surface area contributed by atoms with Gasteiger partial charge in [0.05, 0.1) is 17.9 Å². The molecule has 0 radical (unpaired) electrons. The number of nitrogens with zero attached hydrogens (tertiary/aromatic N) is 5. The van der Waals surface area contributed by atoms with E-state index in [-0.39, 0.29) is 6.03 Å². The van der Waals surface area contributed by atoms with Crippen molar-refractivity contribution in [2.75, 3.05) is 31.6 Å². The van der Waals surface area contributed by atoms with Crippen LogP contribution in [0.3, 0.4) is 0 Å². The van der Waals surface area contributed by atoms with E-state index in [1.807, 2.05) is 13.1 Å². The highest BCUT2D eigenvalue weighted by Crippen LogP contribution is 2.39. The maximum Gasteiger partial charge on any atom is 0.317 e. The van der Waals surface area contributed by atoms with Crippen molar-refractivity contribution in [1.82, 2.24) is 30.4 Å². The summed E-state index contributed by atoms with van der Waals surface area (Å²) >= 11 is 0. The first-order valence-corrected chi connectivity index (χ1v) is 9.74. The Hall–Kier alpha value is -2.64. The summed E-state index contributed by atoms with van der Waals surface area (Å²) in [5, 5.41) is 10.5. The summed E-state index contributed by atoms with van der Waals surface area (Å²) in [4.78, 5) is 25.0. The molecule has 1 aliphatic heterocycles. The van der Waals surface area contributed by atoms with E-state index in [1.54, 1.807) is 17.3 Å². The number of piperidine rings is 1. The van der Waals surface area contributed by atoms with Crippen molar-refractivity contribution in [3.8, 4) is 0 Å². The lowest BCUT2D eigenvalue weighted by Crippen LogP contribution is -2.44. The fourth-order valence-corrected chi connectivity index (χ4v) is 3.61. The topological polar surface area (TPSA) is 90.0 Å². The van der Waals surface area contributed by atoms with Gasteiger partial charge >= 0.3 is 6.03 Å². The molecule has 1 saturated carbocycles. The van der Waals surface area contributed by atoms with Crippen LogP contribution in [0.5, 0.6) is 0 Å². The van der Waals surface area contributed by atoms with Gasteiger partial charge in [0.1, 0.15) is 0 Å². The maximum atomic E-state index is 12.4. The average Bonchev–Trinajstić information content (AvgIpc) is 3.46. The molecule has 8 heteroatoms. The van der Waals surface area contributed by atoms with Gasteiger partial charge in [0.25, 0.3) is 0 Å². The minimum Gasteiger partial charge on any atom is -0.340 e. The first-order valence-electron chi connectivity index (χ1n) is 9.74. The second-order valence-electron chi connectivity index (χ2n) is 7.64. The lowest BCUT2D eigenvalue weighted by atomic mass is 9.98. The van der Waals surface area contributed by atoms with Crippen LogP contribution in [-0.2, 0) is 6.54 Å².